The standard InChI is InChI=1S/C12H13FN2/c13-7-5-11(14)9-6-8-15-12-4-2-1-3-10(9)12/h1-4,6,8,11H,5,7,14H2/t11-/m1/s1. The lowest BCUT2D eigenvalue weighted by atomic mass is 10.0. The van der Waals surface area contributed by atoms with Crippen molar-refractivity contribution in [2.75, 3.05) is 6.67 Å². The first-order valence-electron chi connectivity index (χ1n) is 4.98. The van der Waals surface area contributed by atoms with Crippen LogP contribution in [0.4, 0.5) is 4.39 Å². The molecule has 0 saturated carbocycles. The number of benzene rings is 1. The van der Waals surface area contributed by atoms with Crippen LogP contribution in [0.5, 0.6) is 0 Å². The van der Waals surface area contributed by atoms with E-state index >= 15 is 0 Å². The first kappa shape index (κ1) is 10.1. The number of nitrogens with two attached hydrogens (primary N) is 1. The summed E-state index contributed by atoms with van der Waals surface area (Å²) in [4.78, 5) is 4.24. The van der Waals surface area contributed by atoms with Gasteiger partial charge in [-0.2, -0.15) is 0 Å². The van der Waals surface area contributed by atoms with Crippen molar-refractivity contribution >= 4 is 10.9 Å². The van der Waals surface area contributed by atoms with Crippen molar-refractivity contribution in [2.45, 2.75) is 12.5 Å². The van der Waals surface area contributed by atoms with Crippen molar-refractivity contribution in [3.05, 3.63) is 42.1 Å². The zero-order valence-electron chi connectivity index (χ0n) is 8.36. The van der Waals surface area contributed by atoms with E-state index in [4.69, 9.17) is 5.73 Å². The topological polar surface area (TPSA) is 38.9 Å². The van der Waals surface area contributed by atoms with Crippen molar-refractivity contribution in [3.63, 3.8) is 0 Å². The molecule has 2 rings (SSSR count). The van der Waals surface area contributed by atoms with E-state index in [2.05, 4.69) is 4.98 Å². The largest absolute Gasteiger partial charge is 0.324 e. The summed E-state index contributed by atoms with van der Waals surface area (Å²) in [6, 6.07) is 9.39. The van der Waals surface area contributed by atoms with Crippen LogP contribution in [-0.4, -0.2) is 11.7 Å². The number of hydrogen-bond donors (Lipinski definition) is 1. The number of rotatable bonds is 3. The highest BCUT2D eigenvalue weighted by Gasteiger charge is 2.09. The number of hydrogen-bond acceptors (Lipinski definition) is 2. The number of aromatic nitrogens is 1. The third kappa shape index (κ3) is 1.97. The Morgan fingerprint density at radius 1 is 1.27 bits per heavy atom. The maximum atomic E-state index is 12.2. The van der Waals surface area contributed by atoms with Crippen molar-refractivity contribution < 1.29 is 4.39 Å². The number of alkyl halides is 1. The Labute approximate surface area is 87.9 Å². The van der Waals surface area contributed by atoms with Crippen LogP contribution < -0.4 is 5.73 Å². The molecule has 0 radical (unpaired) electrons. The van der Waals surface area contributed by atoms with Gasteiger partial charge in [0.05, 0.1) is 12.2 Å². The average molecular weight is 204 g/mol. The smallest absolute Gasteiger partial charge is 0.0912 e. The molecular weight excluding hydrogens is 191 g/mol. The van der Waals surface area contributed by atoms with Gasteiger partial charge >= 0.3 is 0 Å². The molecule has 0 unspecified atom stereocenters. The van der Waals surface area contributed by atoms with Gasteiger partial charge in [0, 0.05) is 17.6 Å². The summed E-state index contributed by atoms with van der Waals surface area (Å²) in [5.41, 5.74) is 7.78. The molecule has 2 N–H and O–H groups in total. The molecule has 15 heavy (non-hydrogen) atoms. The Morgan fingerprint density at radius 3 is 2.87 bits per heavy atom. The number of halogens is 1. The van der Waals surface area contributed by atoms with Gasteiger partial charge < -0.3 is 5.73 Å². The normalized spacial score (nSPS) is 12.9. The van der Waals surface area contributed by atoms with Crippen molar-refractivity contribution in [2.24, 2.45) is 5.73 Å². The zero-order valence-corrected chi connectivity index (χ0v) is 8.36. The van der Waals surface area contributed by atoms with Crippen LogP contribution in [0.1, 0.15) is 18.0 Å². The van der Waals surface area contributed by atoms with E-state index in [0.717, 1.165) is 16.5 Å². The second-order valence-corrected chi connectivity index (χ2v) is 3.50. The molecule has 0 fully saturated rings. The summed E-state index contributed by atoms with van der Waals surface area (Å²) in [6.07, 6.45) is 2.07. The molecule has 1 atom stereocenters. The second-order valence-electron chi connectivity index (χ2n) is 3.50. The molecule has 0 saturated heterocycles. The average Bonchev–Trinajstić information content (AvgIpc) is 2.28. The van der Waals surface area contributed by atoms with E-state index in [9.17, 15) is 4.39 Å². The number of nitrogens with zero attached hydrogens (tertiary/aromatic N) is 1. The maximum absolute atomic E-state index is 12.2. The molecule has 78 valence electrons. The third-order valence-electron chi connectivity index (χ3n) is 2.50. The van der Waals surface area contributed by atoms with Gasteiger partial charge in [0.25, 0.3) is 0 Å². The van der Waals surface area contributed by atoms with E-state index < -0.39 is 6.67 Å². The molecule has 0 spiro atoms. The van der Waals surface area contributed by atoms with Crippen LogP contribution in [0, 0.1) is 0 Å². The summed E-state index contributed by atoms with van der Waals surface area (Å²) in [5.74, 6) is 0. The zero-order chi connectivity index (χ0) is 10.7. The van der Waals surface area contributed by atoms with Crippen LogP contribution in [0.15, 0.2) is 36.5 Å². The molecular formula is C12H13FN2. The van der Waals surface area contributed by atoms with Crippen molar-refractivity contribution in [3.8, 4) is 0 Å². The molecule has 3 heteroatoms. The number of pyridine rings is 1. The summed E-state index contributed by atoms with van der Waals surface area (Å²) in [6.45, 7) is -0.391. The van der Waals surface area contributed by atoms with E-state index in [1.807, 2.05) is 30.3 Å². The summed E-state index contributed by atoms with van der Waals surface area (Å²) >= 11 is 0. The van der Waals surface area contributed by atoms with Crippen LogP contribution in [0.25, 0.3) is 10.9 Å². The minimum absolute atomic E-state index is 0.247. The lowest BCUT2D eigenvalue weighted by molar-refractivity contribution is 0.442. The molecule has 1 aromatic carbocycles. The highest BCUT2D eigenvalue weighted by Crippen LogP contribution is 2.22. The Bertz CT molecular complexity index is 451. The predicted molar refractivity (Wildman–Crippen MR) is 59.3 cm³/mol. The molecule has 0 amide bonds. The fraction of sp³-hybridized carbons (Fsp3) is 0.250. The molecule has 1 heterocycles. The van der Waals surface area contributed by atoms with Gasteiger partial charge in [-0.25, -0.2) is 0 Å². The lowest BCUT2D eigenvalue weighted by Crippen LogP contribution is -2.11. The maximum Gasteiger partial charge on any atom is 0.0912 e. The van der Waals surface area contributed by atoms with E-state index in [1.165, 1.54) is 0 Å². The highest BCUT2D eigenvalue weighted by molar-refractivity contribution is 5.82. The molecule has 0 aliphatic rings. The minimum Gasteiger partial charge on any atom is -0.324 e. The minimum atomic E-state index is -0.391. The summed E-state index contributed by atoms with van der Waals surface area (Å²) in [7, 11) is 0. The first-order chi connectivity index (χ1) is 7.33. The van der Waals surface area contributed by atoms with Gasteiger partial charge in [0.1, 0.15) is 0 Å². The van der Waals surface area contributed by atoms with Gasteiger partial charge in [-0.05, 0) is 24.1 Å². The summed E-state index contributed by atoms with van der Waals surface area (Å²) < 4.78 is 12.2. The monoisotopic (exact) mass is 204 g/mol. The third-order valence-corrected chi connectivity index (χ3v) is 2.50. The van der Waals surface area contributed by atoms with Gasteiger partial charge in [0.2, 0.25) is 0 Å². The molecule has 2 nitrogen and oxygen atoms in total. The molecule has 1 aromatic heterocycles. The van der Waals surface area contributed by atoms with Crippen LogP contribution in [-0.2, 0) is 0 Å². The van der Waals surface area contributed by atoms with Gasteiger partial charge in [-0.1, -0.05) is 18.2 Å². The first-order valence-corrected chi connectivity index (χ1v) is 4.98. The fourth-order valence-corrected chi connectivity index (χ4v) is 1.71. The second kappa shape index (κ2) is 4.36. The fourth-order valence-electron chi connectivity index (χ4n) is 1.71. The SMILES string of the molecule is N[C@H](CCF)c1ccnc2ccccc12. The van der Waals surface area contributed by atoms with Crippen LogP contribution >= 0.6 is 0 Å². The van der Waals surface area contributed by atoms with Gasteiger partial charge in [0.15, 0.2) is 0 Å². The number of para-hydroxylation sites is 1. The summed E-state index contributed by atoms with van der Waals surface area (Å²) in [5, 5.41) is 1.01. The van der Waals surface area contributed by atoms with Crippen molar-refractivity contribution in [1.29, 1.82) is 0 Å². The van der Waals surface area contributed by atoms with E-state index in [-0.39, 0.29) is 6.04 Å². The van der Waals surface area contributed by atoms with Crippen molar-refractivity contribution in [1.82, 2.24) is 4.98 Å². The Balaban J connectivity index is 2.50. The van der Waals surface area contributed by atoms with Gasteiger partial charge in [-0.3, -0.25) is 9.37 Å². The number of fused-ring (bicyclic) bond motifs is 1. The molecule has 2 aromatic rings. The Hall–Kier alpha value is -1.48. The quantitative estimate of drug-likeness (QED) is 0.834. The molecule has 0 aliphatic heterocycles. The lowest BCUT2D eigenvalue weighted by Gasteiger charge is -2.12. The van der Waals surface area contributed by atoms with E-state index in [0.29, 0.717) is 6.42 Å². The van der Waals surface area contributed by atoms with Crippen LogP contribution in [0.3, 0.4) is 0 Å². The molecule has 0 bridgehead atoms. The molecule has 0 aliphatic carbocycles. The Kier molecular flexibility index (Phi) is 2.92. The predicted octanol–water partition coefficient (Wildman–Crippen LogP) is 2.59. The van der Waals surface area contributed by atoms with Crippen LogP contribution in [0.2, 0.25) is 0 Å². The van der Waals surface area contributed by atoms with E-state index in [1.54, 1.807) is 6.20 Å². The van der Waals surface area contributed by atoms with Gasteiger partial charge in [-0.15, -0.1) is 0 Å². The highest BCUT2D eigenvalue weighted by atomic mass is 19.1. The Morgan fingerprint density at radius 2 is 2.07 bits per heavy atom.